The summed E-state index contributed by atoms with van der Waals surface area (Å²) in [4.78, 5) is 23.4. The van der Waals surface area contributed by atoms with E-state index in [-0.39, 0.29) is 12.4 Å². The molecule has 1 heterocycles. The fraction of sp³-hybridized carbons (Fsp3) is 0.267. The second kappa shape index (κ2) is 6.69. The topological polar surface area (TPSA) is 81.4 Å². The first kappa shape index (κ1) is 14.8. The Kier molecular flexibility index (Phi) is 4.71. The maximum absolute atomic E-state index is 11.8. The van der Waals surface area contributed by atoms with Gasteiger partial charge in [-0.1, -0.05) is 30.3 Å². The van der Waals surface area contributed by atoms with Crippen molar-refractivity contribution in [1.82, 2.24) is 5.16 Å². The van der Waals surface area contributed by atoms with Crippen LogP contribution in [-0.4, -0.2) is 23.6 Å². The SMILES string of the molecule is CCc1ccccc1NC(=O)COC(=O)c1cc(C)no1. The van der Waals surface area contributed by atoms with Gasteiger partial charge >= 0.3 is 5.97 Å². The number of carbonyl (C=O) groups excluding carboxylic acids is 2. The first-order chi connectivity index (χ1) is 10.1. The molecule has 21 heavy (non-hydrogen) atoms. The highest BCUT2D eigenvalue weighted by Crippen LogP contribution is 2.15. The van der Waals surface area contributed by atoms with E-state index in [1.807, 2.05) is 25.1 Å². The maximum Gasteiger partial charge on any atom is 0.377 e. The molecular formula is C15H16N2O4. The molecule has 0 unspecified atom stereocenters. The normalized spacial score (nSPS) is 10.2. The summed E-state index contributed by atoms with van der Waals surface area (Å²) in [6.45, 7) is 3.31. The molecule has 0 aliphatic rings. The Morgan fingerprint density at radius 2 is 2.10 bits per heavy atom. The fourth-order valence-electron chi connectivity index (χ4n) is 1.80. The zero-order valence-electron chi connectivity index (χ0n) is 11.9. The summed E-state index contributed by atoms with van der Waals surface area (Å²) in [7, 11) is 0. The Morgan fingerprint density at radius 1 is 1.33 bits per heavy atom. The lowest BCUT2D eigenvalue weighted by molar-refractivity contribution is -0.119. The molecule has 6 nitrogen and oxygen atoms in total. The molecule has 2 aromatic rings. The number of hydrogen-bond acceptors (Lipinski definition) is 5. The Bertz CT molecular complexity index is 649. The van der Waals surface area contributed by atoms with E-state index in [2.05, 4.69) is 10.5 Å². The molecule has 1 amide bonds. The highest BCUT2D eigenvalue weighted by molar-refractivity contribution is 5.95. The first-order valence-corrected chi connectivity index (χ1v) is 6.58. The lowest BCUT2D eigenvalue weighted by Crippen LogP contribution is -2.21. The molecule has 110 valence electrons. The largest absolute Gasteiger partial charge is 0.450 e. The van der Waals surface area contributed by atoms with E-state index >= 15 is 0 Å². The summed E-state index contributed by atoms with van der Waals surface area (Å²) in [5, 5.41) is 6.29. The molecule has 0 saturated carbocycles. The maximum atomic E-state index is 11.8. The van der Waals surface area contributed by atoms with Crippen molar-refractivity contribution in [3.63, 3.8) is 0 Å². The number of benzene rings is 1. The van der Waals surface area contributed by atoms with Crippen molar-refractivity contribution in [2.75, 3.05) is 11.9 Å². The molecule has 2 rings (SSSR count). The highest BCUT2D eigenvalue weighted by Gasteiger charge is 2.15. The van der Waals surface area contributed by atoms with Crippen LogP contribution in [0, 0.1) is 6.92 Å². The van der Waals surface area contributed by atoms with Gasteiger partial charge in [0, 0.05) is 11.8 Å². The van der Waals surface area contributed by atoms with Crippen molar-refractivity contribution in [1.29, 1.82) is 0 Å². The number of ether oxygens (including phenoxy) is 1. The zero-order chi connectivity index (χ0) is 15.2. The highest BCUT2D eigenvalue weighted by atomic mass is 16.6. The van der Waals surface area contributed by atoms with Gasteiger partial charge in [0.25, 0.3) is 5.91 Å². The predicted octanol–water partition coefficient (Wildman–Crippen LogP) is 2.34. The molecular weight excluding hydrogens is 272 g/mol. The molecule has 1 aromatic carbocycles. The average molecular weight is 288 g/mol. The Hall–Kier alpha value is -2.63. The van der Waals surface area contributed by atoms with E-state index in [1.165, 1.54) is 6.07 Å². The van der Waals surface area contributed by atoms with Gasteiger partial charge in [0.2, 0.25) is 5.76 Å². The van der Waals surface area contributed by atoms with Crippen molar-refractivity contribution >= 4 is 17.6 Å². The number of anilines is 1. The minimum atomic E-state index is -0.713. The number of carbonyl (C=O) groups is 2. The third kappa shape index (κ3) is 3.92. The number of nitrogens with zero attached hydrogens (tertiary/aromatic N) is 1. The second-order valence-corrected chi connectivity index (χ2v) is 4.47. The molecule has 0 atom stereocenters. The average Bonchev–Trinajstić information content (AvgIpc) is 2.92. The van der Waals surface area contributed by atoms with Crippen molar-refractivity contribution < 1.29 is 18.8 Å². The minimum absolute atomic E-state index is 0.0192. The van der Waals surface area contributed by atoms with Crippen molar-refractivity contribution in [2.24, 2.45) is 0 Å². The van der Waals surface area contributed by atoms with Crippen LogP contribution >= 0.6 is 0 Å². The Labute approximate surface area is 122 Å². The lowest BCUT2D eigenvalue weighted by atomic mass is 10.1. The molecule has 0 fully saturated rings. The van der Waals surface area contributed by atoms with E-state index in [0.717, 1.165) is 17.7 Å². The number of esters is 1. The Morgan fingerprint density at radius 3 is 2.76 bits per heavy atom. The predicted molar refractivity (Wildman–Crippen MR) is 76.0 cm³/mol. The van der Waals surface area contributed by atoms with E-state index in [9.17, 15) is 9.59 Å². The molecule has 0 saturated heterocycles. The number of hydrogen-bond donors (Lipinski definition) is 1. The Balaban J connectivity index is 1.89. The van der Waals surface area contributed by atoms with Gasteiger partial charge in [0.05, 0.1) is 5.69 Å². The third-order valence-electron chi connectivity index (χ3n) is 2.84. The van der Waals surface area contributed by atoms with E-state index in [0.29, 0.717) is 5.69 Å². The van der Waals surface area contributed by atoms with Gasteiger partial charge < -0.3 is 14.6 Å². The van der Waals surface area contributed by atoms with E-state index in [4.69, 9.17) is 9.26 Å². The monoisotopic (exact) mass is 288 g/mol. The van der Waals surface area contributed by atoms with Crippen LogP contribution in [-0.2, 0) is 16.0 Å². The fourth-order valence-corrected chi connectivity index (χ4v) is 1.80. The van der Waals surface area contributed by atoms with E-state index in [1.54, 1.807) is 13.0 Å². The first-order valence-electron chi connectivity index (χ1n) is 6.58. The van der Waals surface area contributed by atoms with Crippen LogP contribution in [0.3, 0.4) is 0 Å². The van der Waals surface area contributed by atoms with Crippen LogP contribution < -0.4 is 5.32 Å². The van der Waals surface area contributed by atoms with Gasteiger partial charge in [-0.05, 0) is 25.0 Å². The van der Waals surface area contributed by atoms with Gasteiger partial charge in [-0.15, -0.1) is 0 Å². The van der Waals surface area contributed by atoms with Crippen LogP contribution in [0.5, 0.6) is 0 Å². The van der Waals surface area contributed by atoms with Crippen molar-refractivity contribution in [2.45, 2.75) is 20.3 Å². The molecule has 0 spiro atoms. The van der Waals surface area contributed by atoms with Crippen LogP contribution in [0.25, 0.3) is 0 Å². The van der Waals surface area contributed by atoms with Gasteiger partial charge in [0.1, 0.15) is 0 Å². The standard InChI is InChI=1S/C15H16N2O4/c1-3-11-6-4-5-7-12(11)16-14(18)9-20-15(19)13-8-10(2)17-21-13/h4-8H,3,9H2,1-2H3,(H,16,18). The van der Waals surface area contributed by atoms with Crippen LogP contribution in [0.4, 0.5) is 5.69 Å². The molecule has 0 radical (unpaired) electrons. The van der Waals surface area contributed by atoms with E-state index < -0.39 is 11.9 Å². The summed E-state index contributed by atoms with van der Waals surface area (Å²) >= 11 is 0. The van der Waals surface area contributed by atoms with Gasteiger partial charge in [-0.2, -0.15) is 0 Å². The van der Waals surface area contributed by atoms with Gasteiger partial charge in [-0.25, -0.2) is 4.79 Å². The smallest absolute Gasteiger partial charge is 0.377 e. The summed E-state index contributed by atoms with van der Waals surface area (Å²) in [6, 6.07) is 8.92. The molecule has 6 heteroatoms. The molecule has 1 N–H and O–H groups in total. The van der Waals surface area contributed by atoms with Crippen LogP contribution in [0.2, 0.25) is 0 Å². The third-order valence-corrected chi connectivity index (χ3v) is 2.84. The number of para-hydroxylation sites is 1. The number of rotatable bonds is 5. The number of aromatic nitrogens is 1. The zero-order valence-corrected chi connectivity index (χ0v) is 11.9. The number of nitrogens with one attached hydrogen (secondary N) is 1. The van der Waals surface area contributed by atoms with Crippen molar-refractivity contribution in [3.8, 4) is 0 Å². The molecule has 1 aromatic heterocycles. The van der Waals surface area contributed by atoms with Crippen molar-refractivity contribution in [3.05, 3.63) is 47.3 Å². The van der Waals surface area contributed by atoms with Crippen LogP contribution in [0.15, 0.2) is 34.9 Å². The minimum Gasteiger partial charge on any atom is -0.450 e. The van der Waals surface area contributed by atoms with Gasteiger partial charge in [0.15, 0.2) is 6.61 Å². The van der Waals surface area contributed by atoms with Gasteiger partial charge in [-0.3, -0.25) is 4.79 Å². The second-order valence-electron chi connectivity index (χ2n) is 4.47. The lowest BCUT2D eigenvalue weighted by Gasteiger charge is -2.09. The molecule has 0 aliphatic carbocycles. The molecule has 0 bridgehead atoms. The quantitative estimate of drug-likeness (QED) is 0.854. The summed E-state index contributed by atoms with van der Waals surface area (Å²) in [5.41, 5.74) is 2.31. The summed E-state index contributed by atoms with van der Waals surface area (Å²) in [6.07, 6.45) is 0.799. The summed E-state index contributed by atoms with van der Waals surface area (Å²) < 4.78 is 9.62. The number of aryl methyl sites for hydroxylation is 2. The summed E-state index contributed by atoms with van der Waals surface area (Å²) in [5.74, 6) is -1.13. The molecule has 0 aliphatic heterocycles. The van der Waals surface area contributed by atoms with Crippen LogP contribution in [0.1, 0.15) is 28.7 Å². The number of amides is 1.